The van der Waals surface area contributed by atoms with E-state index in [1.165, 1.54) is 0 Å². The van der Waals surface area contributed by atoms with Crippen molar-refractivity contribution in [3.63, 3.8) is 0 Å². The summed E-state index contributed by atoms with van der Waals surface area (Å²) in [5.41, 5.74) is 1.23. The minimum absolute atomic E-state index is 0.0573. The summed E-state index contributed by atoms with van der Waals surface area (Å²) in [6.07, 6.45) is 3.29. The molecule has 5 nitrogen and oxygen atoms in total. The molecule has 0 unspecified atom stereocenters. The van der Waals surface area contributed by atoms with Crippen LogP contribution < -0.4 is 4.90 Å². The molecule has 2 bridgehead atoms. The lowest BCUT2D eigenvalue weighted by molar-refractivity contribution is -0.156. The number of ether oxygens (including phenoxy) is 2. The van der Waals surface area contributed by atoms with Crippen molar-refractivity contribution < 1.29 is 19.1 Å². The van der Waals surface area contributed by atoms with E-state index in [1.54, 1.807) is 4.90 Å². The first-order valence-electron chi connectivity index (χ1n) is 8.37. The minimum Gasteiger partial charge on any atom is -0.463 e. The quantitative estimate of drug-likeness (QED) is 0.631. The summed E-state index contributed by atoms with van der Waals surface area (Å²) in [5, 5.41) is 0. The van der Waals surface area contributed by atoms with E-state index in [4.69, 9.17) is 9.47 Å². The molecule has 0 N–H and O–H groups in total. The van der Waals surface area contributed by atoms with Gasteiger partial charge in [-0.1, -0.05) is 24.3 Å². The van der Waals surface area contributed by atoms with Crippen LogP contribution in [-0.4, -0.2) is 36.2 Å². The van der Waals surface area contributed by atoms with Crippen molar-refractivity contribution in [1.29, 1.82) is 0 Å². The topological polar surface area (TPSA) is 55.8 Å². The van der Waals surface area contributed by atoms with Gasteiger partial charge in [-0.2, -0.15) is 0 Å². The summed E-state index contributed by atoms with van der Waals surface area (Å²) in [5.74, 6) is -1.46. The lowest BCUT2D eigenvalue weighted by Crippen LogP contribution is -2.40. The Hall–Kier alpha value is -2.14. The highest BCUT2D eigenvalue weighted by Gasteiger charge is 2.67. The number of rotatable bonds is 3. The summed E-state index contributed by atoms with van der Waals surface area (Å²) >= 11 is 0. The first-order chi connectivity index (χ1) is 11.4. The maximum Gasteiger partial charge on any atom is 0.313 e. The number of nitrogens with zero attached hydrogens (tertiary/aromatic N) is 1. The number of hydrogen-bond acceptors (Lipinski definition) is 4. The highest BCUT2D eigenvalue weighted by molar-refractivity contribution is 6.02. The monoisotopic (exact) mass is 327 g/mol. The second-order valence-corrected chi connectivity index (χ2v) is 7.15. The summed E-state index contributed by atoms with van der Waals surface area (Å²) in [6.45, 7) is 6.06. The molecule has 2 saturated heterocycles. The van der Waals surface area contributed by atoms with Gasteiger partial charge in [0, 0.05) is 5.69 Å². The fraction of sp³-hybridized carbons (Fsp3) is 0.474. The number of amides is 1. The van der Waals surface area contributed by atoms with Crippen LogP contribution in [-0.2, 0) is 19.1 Å². The molecule has 5 heteroatoms. The van der Waals surface area contributed by atoms with Crippen molar-refractivity contribution in [2.45, 2.75) is 38.6 Å². The Kier molecular flexibility index (Phi) is 3.32. The maximum absolute atomic E-state index is 13.1. The van der Waals surface area contributed by atoms with E-state index in [1.807, 2.05) is 57.2 Å². The molecular formula is C19H21NO4. The predicted octanol–water partition coefficient (Wildman–Crippen LogP) is 2.23. The molecule has 0 radical (unpaired) electrons. The van der Waals surface area contributed by atoms with E-state index in [2.05, 4.69) is 0 Å². The zero-order valence-corrected chi connectivity index (χ0v) is 14.1. The molecule has 1 spiro atoms. The summed E-state index contributed by atoms with van der Waals surface area (Å²) in [4.78, 5) is 27.3. The molecular weight excluding hydrogens is 306 g/mol. The number of benzene rings is 1. The highest BCUT2D eigenvalue weighted by Crippen LogP contribution is 2.52. The van der Waals surface area contributed by atoms with Crippen molar-refractivity contribution in [2.24, 2.45) is 11.8 Å². The van der Waals surface area contributed by atoms with E-state index in [0.29, 0.717) is 6.54 Å². The molecule has 0 aromatic heterocycles. The molecule has 1 aromatic rings. The summed E-state index contributed by atoms with van der Waals surface area (Å²) < 4.78 is 11.5. The second-order valence-electron chi connectivity index (χ2n) is 7.15. The second kappa shape index (κ2) is 5.18. The van der Waals surface area contributed by atoms with Crippen LogP contribution in [0.2, 0.25) is 0 Å². The average molecular weight is 327 g/mol. The van der Waals surface area contributed by atoms with Gasteiger partial charge in [-0.3, -0.25) is 9.59 Å². The number of aryl methyl sites for hydroxylation is 1. The van der Waals surface area contributed by atoms with Crippen LogP contribution >= 0.6 is 0 Å². The van der Waals surface area contributed by atoms with E-state index >= 15 is 0 Å². The Morgan fingerprint density at radius 3 is 2.92 bits per heavy atom. The van der Waals surface area contributed by atoms with Gasteiger partial charge in [-0.05, 0) is 38.5 Å². The molecule has 0 saturated carbocycles. The zero-order chi connectivity index (χ0) is 17.1. The first kappa shape index (κ1) is 15.4. The number of fused-ring (bicyclic) bond motifs is 1. The standard InChI is InChI=1S/C19H21NO4/c1-11(2)23-18(22)15-14-7-8-19(24-14)10-20(17(21)16(15)19)13-6-4-5-12(3)9-13/h4-9,11,14-16H,10H2,1-3H3/t14-,15-,16-,19+/m1/s1. The molecule has 24 heavy (non-hydrogen) atoms. The molecule has 1 aromatic carbocycles. The van der Waals surface area contributed by atoms with Crippen molar-refractivity contribution in [2.75, 3.05) is 11.4 Å². The van der Waals surface area contributed by atoms with E-state index in [0.717, 1.165) is 11.3 Å². The Morgan fingerprint density at radius 2 is 2.21 bits per heavy atom. The molecule has 3 heterocycles. The maximum atomic E-state index is 13.1. The van der Waals surface area contributed by atoms with Crippen molar-refractivity contribution in [3.8, 4) is 0 Å². The number of carbonyl (C=O) groups excluding carboxylic acids is 2. The van der Waals surface area contributed by atoms with Gasteiger partial charge in [-0.25, -0.2) is 0 Å². The number of anilines is 1. The van der Waals surface area contributed by atoms with Crippen LogP contribution in [0.4, 0.5) is 5.69 Å². The molecule has 1 amide bonds. The van der Waals surface area contributed by atoms with Crippen LogP contribution in [0.3, 0.4) is 0 Å². The Balaban J connectivity index is 1.68. The first-order valence-corrected chi connectivity index (χ1v) is 8.37. The van der Waals surface area contributed by atoms with Crippen molar-refractivity contribution >= 4 is 17.6 Å². The van der Waals surface area contributed by atoms with Crippen LogP contribution in [0.5, 0.6) is 0 Å². The normalized spacial score (nSPS) is 33.4. The fourth-order valence-corrected chi connectivity index (χ4v) is 4.09. The van der Waals surface area contributed by atoms with Crippen LogP contribution in [0.15, 0.2) is 36.4 Å². The van der Waals surface area contributed by atoms with Crippen LogP contribution in [0.1, 0.15) is 19.4 Å². The van der Waals surface area contributed by atoms with Crippen LogP contribution in [0.25, 0.3) is 0 Å². The minimum atomic E-state index is -0.702. The van der Waals surface area contributed by atoms with Gasteiger partial charge in [0.15, 0.2) is 0 Å². The zero-order valence-electron chi connectivity index (χ0n) is 14.1. The predicted molar refractivity (Wildman–Crippen MR) is 88.5 cm³/mol. The molecule has 4 rings (SSSR count). The molecule has 3 aliphatic heterocycles. The Labute approximate surface area is 141 Å². The highest BCUT2D eigenvalue weighted by atomic mass is 16.6. The Morgan fingerprint density at radius 1 is 1.42 bits per heavy atom. The number of hydrogen-bond donors (Lipinski definition) is 0. The van der Waals surface area contributed by atoms with Crippen molar-refractivity contribution in [3.05, 3.63) is 42.0 Å². The van der Waals surface area contributed by atoms with E-state index < -0.39 is 17.4 Å². The molecule has 126 valence electrons. The van der Waals surface area contributed by atoms with Gasteiger partial charge >= 0.3 is 5.97 Å². The van der Waals surface area contributed by atoms with Gasteiger partial charge in [-0.15, -0.1) is 0 Å². The van der Waals surface area contributed by atoms with Gasteiger partial charge in [0.2, 0.25) is 5.91 Å². The molecule has 2 fully saturated rings. The summed E-state index contributed by atoms with van der Waals surface area (Å²) in [6, 6.07) is 7.82. The average Bonchev–Trinajstić information content (AvgIpc) is 3.15. The molecule has 3 aliphatic rings. The number of esters is 1. The van der Waals surface area contributed by atoms with Gasteiger partial charge < -0.3 is 14.4 Å². The van der Waals surface area contributed by atoms with Gasteiger partial charge in [0.25, 0.3) is 0 Å². The molecule has 4 atom stereocenters. The number of carbonyl (C=O) groups is 2. The molecule has 0 aliphatic carbocycles. The lowest BCUT2D eigenvalue weighted by Gasteiger charge is -2.23. The van der Waals surface area contributed by atoms with Gasteiger partial charge in [0.05, 0.1) is 24.7 Å². The fourth-order valence-electron chi connectivity index (χ4n) is 4.09. The Bertz CT molecular complexity index is 741. The van der Waals surface area contributed by atoms with Crippen LogP contribution in [0, 0.1) is 18.8 Å². The third-order valence-electron chi connectivity index (χ3n) is 5.04. The lowest BCUT2D eigenvalue weighted by atomic mass is 9.77. The summed E-state index contributed by atoms with van der Waals surface area (Å²) in [7, 11) is 0. The third kappa shape index (κ3) is 2.11. The van der Waals surface area contributed by atoms with E-state index in [-0.39, 0.29) is 24.1 Å². The largest absolute Gasteiger partial charge is 0.463 e. The van der Waals surface area contributed by atoms with E-state index in [9.17, 15) is 9.59 Å². The van der Waals surface area contributed by atoms with Crippen molar-refractivity contribution in [1.82, 2.24) is 0 Å². The SMILES string of the molecule is Cc1cccc(N2C[C@]34C=C[C@@H](O3)[C@@H](C(=O)OC(C)C)[C@@H]4C2=O)c1. The third-order valence-corrected chi connectivity index (χ3v) is 5.04. The van der Waals surface area contributed by atoms with Gasteiger partial charge in [0.1, 0.15) is 11.5 Å². The smallest absolute Gasteiger partial charge is 0.313 e.